The molecular weight excluding hydrogens is 409 g/mol. The lowest BCUT2D eigenvalue weighted by atomic mass is 9.72. The third kappa shape index (κ3) is 3.22. The number of hydrogen-bond acceptors (Lipinski definition) is 3. The monoisotopic (exact) mass is 431 g/mol. The van der Waals surface area contributed by atoms with Crippen LogP contribution >= 0.6 is 0 Å². The number of nitrogens with one attached hydrogen (secondary N) is 1. The van der Waals surface area contributed by atoms with Gasteiger partial charge in [-0.2, -0.15) is 0 Å². The molecular formula is C25H22FN3O3. The van der Waals surface area contributed by atoms with Crippen molar-refractivity contribution >= 4 is 23.3 Å². The first-order valence-electron chi connectivity index (χ1n) is 10.5. The van der Waals surface area contributed by atoms with Crippen LogP contribution in [0.4, 0.5) is 20.6 Å². The molecule has 1 saturated heterocycles. The Morgan fingerprint density at radius 2 is 1.66 bits per heavy atom. The fourth-order valence-electron chi connectivity index (χ4n) is 4.85. The maximum atomic E-state index is 14.4. The van der Waals surface area contributed by atoms with Gasteiger partial charge in [-0.15, -0.1) is 0 Å². The van der Waals surface area contributed by atoms with Crippen LogP contribution in [-0.2, 0) is 0 Å². The third-order valence-corrected chi connectivity index (χ3v) is 6.30. The van der Waals surface area contributed by atoms with Crippen molar-refractivity contribution in [1.82, 2.24) is 4.90 Å². The number of hydrogen-bond donors (Lipinski definition) is 2. The van der Waals surface area contributed by atoms with Gasteiger partial charge in [0.05, 0.1) is 24.3 Å². The number of para-hydroxylation sites is 2. The van der Waals surface area contributed by atoms with Crippen LogP contribution in [0, 0.1) is 5.82 Å². The number of aliphatic hydroxyl groups excluding tert-OH is 1. The molecule has 0 unspecified atom stereocenters. The summed E-state index contributed by atoms with van der Waals surface area (Å²) in [4.78, 5) is 29.5. The molecule has 6 nitrogen and oxygen atoms in total. The van der Waals surface area contributed by atoms with Crippen LogP contribution in [0.15, 0.2) is 78.9 Å². The number of carbonyl (C=O) groups is 2. The summed E-state index contributed by atoms with van der Waals surface area (Å²) in [6.45, 7) is 0.0204. The number of urea groups is 1. The second kappa shape index (κ2) is 8.09. The highest BCUT2D eigenvalue weighted by Crippen LogP contribution is 2.48. The number of anilines is 2. The van der Waals surface area contributed by atoms with Crippen molar-refractivity contribution in [2.75, 3.05) is 23.4 Å². The Morgan fingerprint density at radius 1 is 0.969 bits per heavy atom. The molecule has 5 rings (SSSR count). The van der Waals surface area contributed by atoms with Gasteiger partial charge in [0.1, 0.15) is 5.82 Å². The molecule has 1 fully saturated rings. The summed E-state index contributed by atoms with van der Waals surface area (Å²) < 4.78 is 14.4. The lowest BCUT2D eigenvalue weighted by Crippen LogP contribution is -2.71. The first kappa shape index (κ1) is 20.2. The summed E-state index contributed by atoms with van der Waals surface area (Å²) in [7, 11) is 0. The van der Waals surface area contributed by atoms with Crippen LogP contribution in [0.1, 0.15) is 21.8 Å². The highest BCUT2D eigenvalue weighted by molar-refractivity contribution is 6.07. The molecule has 3 amide bonds. The minimum Gasteiger partial charge on any atom is -0.394 e. The Bertz CT molecular complexity index is 1170. The van der Waals surface area contributed by atoms with Gasteiger partial charge in [0, 0.05) is 23.8 Å². The molecule has 0 aromatic heterocycles. The summed E-state index contributed by atoms with van der Waals surface area (Å²) in [6.07, 6.45) is 0. The van der Waals surface area contributed by atoms with Crippen molar-refractivity contribution < 1.29 is 19.1 Å². The number of halogens is 1. The van der Waals surface area contributed by atoms with Crippen LogP contribution in [0.3, 0.4) is 0 Å². The van der Waals surface area contributed by atoms with Crippen molar-refractivity contribution in [2.24, 2.45) is 0 Å². The van der Waals surface area contributed by atoms with Crippen LogP contribution in [0.25, 0.3) is 0 Å². The van der Waals surface area contributed by atoms with E-state index in [2.05, 4.69) is 5.32 Å². The number of likely N-dealkylation sites (tertiary alicyclic amines) is 1. The molecule has 0 saturated carbocycles. The van der Waals surface area contributed by atoms with Gasteiger partial charge in [0.15, 0.2) is 0 Å². The fraction of sp³-hybridized carbons (Fsp3) is 0.200. The normalized spacial score (nSPS) is 21.2. The van der Waals surface area contributed by atoms with Gasteiger partial charge in [-0.25, -0.2) is 9.18 Å². The molecule has 2 N–H and O–H groups in total. The number of aliphatic hydroxyl groups is 1. The van der Waals surface area contributed by atoms with Crippen LogP contribution in [-0.4, -0.2) is 47.2 Å². The number of benzene rings is 3. The SMILES string of the molecule is O=C(c1ccccc1F)N1C[C@@H]2[C@H](c3ccccc31)[C@H](CO)N2C(=O)Nc1ccccc1. The van der Waals surface area contributed by atoms with E-state index in [0.29, 0.717) is 11.4 Å². The van der Waals surface area contributed by atoms with E-state index in [1.807, 2.05) is 42.5 Å². The van der Waals surface area contributed by atoms with E-state index in [9.17, 15) is 19.1 Å². The van der Waals surface area contributed by atoms with Crippen molar-refractivity contribution in [3.8, 4) is 0 Å². The van der Waals surface area contributed by atoms with E-state index in [1.54, 1.807) is 29.2 Å². The molecule has 0 spiro atoms. The molecule has 0 radical (unpaired) electrons. The summed E-state index contributed by atoms with van der Waals surface area (Å²) in [5, 5.41) is 12.9. The molecule has 3 atom stereocenters. The third-order valence-electron chi connectivity index (χ3n) is 6.30. The van der Waals surface area contributed by atoms with E-state index < -0.39 is 17.8 Å². The molecule has 2 heterocycles. The Balaban J connectivity index is 1.49. The average molecular weight is 431 g/mol. The van der Waals surface area contributed by atoms with Gasteiger partial charge in [0.25, 0.3) is 5.91 Å². The Morgan fingerprint density at radius 3 is 2.41 bits per heavy atom. The van der Waals surface area contributed by atoms with Crippen LogP contribution in [0.2, 0.25) is 0 Å². The summed E-state index contributed by atoms with van der Waals surface area (Å²) in [5.41, 5.74) is 2.19. The highest BCUT2D eigenvalue weighted by atomic mass is 19.1. The molecule has 2 aliphatic heterocycles. The zero-order valence-electron chi connectivity index (χ0n) is 17.2. The van der Waals surface area contributed by atoms with Crippen LogP contribution < -0.4 is 10.2 Å². The highest BCUT2D eigenvalue weighted by Gasteiger charge is 2.55. The molecule has 3 aromatic carbocycles. The predicted octanol–water partition coefficient (Wildman–Crippen LogP) is 3.85. The van der Waals surface area contributed by atoms with Gasteiger partial charge >= 0.3 is 6.03 Å². The van der Waals surface area contributed by atoms with Crippen molar-refractivity contribution in [1.29, 1.82) is 0 Å². The van der Waals surface area contributed by atoms with E-state index in [-0.39, 0.29) is 36.7 Å². The molecule has 32 heavy (non-hydrogen) atoms. The zero-order valence-corrected chi connectivity index (χ0v) is 17.2. The van der Waals surface area contributed by atoms with E-state index >= 15 is 0 Å². The van der Waals surface area contributed by atoms with Gasteiger partial charge in [-0.1, -0.05) is 48.5 Å². The average Bonchev–Trinajstić information content (AvgIpc) is 2.80. The maximum absolute atomic E-state index is 14.4. The molecule has 0 aliphatic carbocycles. The lowest BCUT2D eigenvalue weighted by molar-refractivity contribution is -0.00267. The summed E-state index contributed by atoms with van der Waals surface area (Å²) in [6, 6.07) is 21.3. The number of fused-ring (bicyclic) bond motifs is 3. The molecule has 7 heteroatoms. The maximum Gasteiger partial charge on any atom is 0.322 e. The zero-order chi connectivity index (χ0) is 22.2. The predicted molar refractivity (Wildman–Crippen MR) is 119 cm³/mol. The van der Waals surface area contributed by atoms with E-state index in [0.717, 1.165) is 5.56 Å². The van der Waals surface area contributed by atoms with Crippen molar-refractivity contribution in [3.05, 3.63) is 95.8 Å². The van der Waals surface area contributed by atoms with Crippen molar-refractivity contribution in [2.45, 2.75) is 18.0 Å². The topological polar surface area (TPSA) is 72.9 Å². The Kier molecular flexibility index (Phi) is 5.11. The lowest BCUT2D eigenvalue weighted by Gasteiger charge is -2.58. The first-order chi connectivity index (χ1) is 15.6. The molecule has 0 bridgehead atoms. The summed E-state index contributed by atoms with van der Waals surface area (Å²) >= 11 is 0. The largest absolute Gasteiger partial charge is 0.394 e. The minimum atomic E-state index is -0.586. The quantitative estimate of drug-likeness (QED) is 0.662. The van der Waals surface area contributed by atoms with Crippen LogP contribution in [0.5, 0.6) is 0 Å². The van der Waals surface area contributed by atoms with E-state index in [4.69, 9.17) is 0 Å². The molecule has 2 aliphatic rings. The first-order valence-corrected chi connectivity index (χ1v) is 10.5. The van der Waals surface area contributed by atoms with Gasteiger partial charge in [-0.3, -0.25) is 4.79 Å². The van der Waals surface area contributed by atoms with E-state index in [1.165, 1.54) is 17.0 Å². The van der Waals surface area contributed by atoms with Crippen molar-refractivity contribution in [3.63, 3.8) is 0 Å². The number of amides is 3. The number of nitrogens with zero attached hydrogens (tertiary/aromatic N) is 2. The Hall–Kier alpha value is -3.71. The second-order valence-corrected chi connectivity index (χ2v) is 8.00. The Labute approximate surface area is 184 Å². The second-order valence-electron chi connectivity index (χ2n) is 8.00. The number of carbonyl (C=O) groups excluding carboxylic acids is 2. The standard InChI is InChI=1S/C25H22FN3O3/c26-19-12-6-4-10-17(19)24(31)28-14-21-23(18-11-5-7-13-20(18)28)22(15-30)29(21)25(32)27-16-8-2-1-3-9-16/h1-13,21-23,30H,14-15H2,(H,27,32)/t21-,22+,23+/m1/s1. The number of rotatable bonds is 3. The molecule has 162 valence electrons. The fourth-order valence-corrected chi connectivity index (χ4v) is 4.85. The molecule has 3 aromatic rings. The summed E-state index contributed by atoms with van der Waals surface area (Å²) in [5.74, 6) is -1.15. The van der Waals surface area contributed by atoms with Gasteiger partial charge in [-0.05, 0) is 35.9 Å². The van der Waals surface area contributed by atoms with Gasteiger partial charge < -0.3 is 20.2 Å². The minimum absolute atomic E-state index is 0.0147. The van der Waals surface area contributed by atoms with Gasteiger partial charge in [0.2, 0.25) is 0 Å². The smallest absolute Gasteiger partial charge is 0.322 e.